The van der Waals surface area contributed by atoms with Gasteiger partial charge in [0.05, 0.1) is 27.3 Å². The summed E-state index contributed by atoms with van der Waals surface area (Å²) in [5, 5.41) is 15.0. The zero-order chi connectivity index (χ0) is 23.3. The van der Waals surface area contributed by atoms with Gasteiger partial charge in [0.25, 0.3) is 12.1 Å². The fraction of sp³-hybridized carbons (Fsp3) is 0.190. The van der Waals surface area contributed by atoms with Crippen LogP contribution in [0.1, 0.15) is 6.42 Å². The van der Waals surface area contributed by atoms with Gasteiger partial charge in [0, 0.05) is 18.6 Å². The van der Waals surface area contributed by atoms with E-state index in [0.29, 0.717) is 0 Å². The summed E-state index contributed by atoms with van der Waals surface area (Å²) in [7, 11) is -3.76. The number of rotatable bonds is 9. The third kappa shape index (κ3) is 5.97. The van der Waals surface area contributed by atoms with E-state index in [1.807, 2.05) is 12.1 Å². The van der Waals surface area contributed by atoms with Crippen molar-refractivity contribution in [2.24, 2.45) is 0 Å². The van der Waals surface area contributed by atoms with Crippen LogP contribution in [0.4, 0.5) is 20.2 Å². The Labute approximate surface area is 181 Å². The van der Waals surface area contributed by atoms with Crippen molar-refractivity contribution in [1.29, 1.82) is 0 Å². The second-order valence-corrected chi connectivity index (χ2v) is 8.91. The molecule has 0 saturated heterocycles. The number of hydrogen-bond acceptors (Lipinski definition) is 6. The minimum atomic E-state index is -3.76. The number of benzene rings is 3. The number of nitro benzene ring substituents is 1. The Morgan fingerprint density at radius 1 is 1.06 bits per heavy atom. The minimum absolute atomic E-state index is 0.0713. The van der Waals surface area contributed by atoms with Crippen molar-refractivity contribution in [3.05, 3.63) is 70.8 Å². The number of sulfone groups is 1. The molecule has 0 fully saturated rings. The van der Waals surface area contributed by atoms with Gasteiger partial charge >= 0.3 is 0 Å². The number of nitro groups is 1. The highest BCUT2D eigenvalue weighted by molar-refractivity contribution is 7.91. The van der Waals surface area contributed by atoms with Gasteiger partial charge in [0.1, 0.15) is 12.4 Å². The van der Waals surface area contributed by atoms with Crippen LogP contribution in [0.25, 0.3) is 10.8 Å². The van der Waals surface area contributed by atoms with Crippen molar-refractivity contribution in [1.82, 2.24) is 0 Å². The molecule has 0 aliphatic carbocycles. The number of anilines is 1. The molecule has 0 radical (unpaired) electrons. The van der Waals surface area contributed by atoms with Crippen LogP contribution >= 0.6 is 0 Å². The number of halogens is 2. The summed E-state index contributed by atoms with van der Waals surface area (Å²) < 4.78 is 54.7. The van der Waals surface area contributed by atoms with Crippen molar-refractivity contribution in [2.45, 2.75) is 17.7 Å². The summed E-state index contributed by atoms with van der Waals surface area (Å²) in [4.78, 5) is 22.6. The van der Waals surface area contributed by atoms with Gasteiger partial charge in [0.15, 0.2) is 9.84 Å². The summed E-state index contributed by atoms with van der Waals surface area (Å²) in [6.07, 6.45) is -3.20. The highest BCUT2D eigenvalue weighted by atomic mass is 32.2. The number of non-ortho nitro benzene ring substituents is 1. The maximum absolute atomic E-state index is 12.6. The fourth-order valence-corrected chi connectivity index (χ4v) is 4.20. The molecule has 0 heterocycles. The molecule has 3 aromatic rings. The third-order valence-corrected chi connectivity index (χ3v) is 6.15. The fourth-order valence-electron chi connectivity index (χ4n) is 2.93. The van der Waals surface area contributed by atoms with Crippen molar-refractivity contribution >= 4 is 37.9 Å². The molecule has 0 aromatic heterocycles. The van der Waals surface area contributed by atoms with E-state index >= 15 is 0 Å². The first kappa shape index (κ1) is 23.1. The normalized spacial score (nSPS) is 11.5. The van der Waals surface area contributed by atoms with Crippen molar-refractivity contribution < 1.29 is 31.7 Å². The first-order valence-electron chi connectivity index (χ1n) is 9.36. The summed E-state index contributed by atoms with van der Waals surface area (Å²) in [5.41, 5.74) is -0.549. The van der Waals surface area contributed by atoms with Gasteiger partial charge in [-0.25, -0.2) is 17.2 Å². The quantitative estimate of drug-likeness (QED) is 0.375. The molecular weight excluding hydrogens is 446 g/mol. The molecule has 32 heavy (non-hydrogen) atoms. The molecule has 8 nitrogen and oxygen atoms in total. The van der Waals surface area contributed by atoms with Crippen molar-refractivity contribution in [2.75, 3.05) is 17.7 Å². The van der Waals surface area contributed by atoms with Crippen LogP contribution in [0.5, 0.6) is 5.75 Å². The number of carbonyl (C=O) groups is 1. The van der Waals surface area contributed by atoms with Gasteiger partial charge in [-0.05, 0) is 22.9 Å². The third-order valence-electron chi connectivity index (χ3n) is 4.44. The first-order chi connectivity index (χ1) is 15.1. The molecule has 1 N–H and O–H groups in total. The highest BCUT2D eigenvalue weighted by Crippen LogP contribution is 2.27. The van der Waals surface area contributed by atoms with Crippen molar-refractivity contribution in [3.63, 3.8) is 0 Å². The number of nitrogens with zero attached hydrogens (tertiary/aromatic N) is 1. The number of alkyl halides is 2. The SMILES string of the molecule is O=C(CCS(=O)(=O)c1ccc2ccccc2c1)Nc1cc(OCC(F)F)cc([N+](=O)[O-])c1. The van der Waals surface area contributed by atoms with Gasteiger partial charge in [-0.2, -0.15) is 0 Å². The smallest absolute Gasteiger partial charge is 0.275 e. The Bertz CT molecular complexity index is 1260. The van der Waals surface area contributed by atoms with Gasteiger partial charge in [-0.1, -0.05) is 30.3 Å². The number of ether oxygens (including phenoxy) is 1. The second-order valence-electron chi connectivity index (χ2n) is 6.80. The molecule has 3 rings (SSSR count). The van der Waals surface area contributed by atoms with Gasteiger partial charge < -0.3 is 10.1 Å². The standard InChI is InChI=1S/C21H18F2N2O6S/c22-20(23)13-31-18-11-16(10-17(12-18)25(27)28)24-21(26)7-8-32(29,30)19-6-5-14-3-1-2-4-15(14)9-19/h1-6,9-12,20H,7-8,13H2,(H,24,26). The lowest BCUT2D eigenvalue weighted by molar-refractivity contribution is -0.384. The van der Waals surface area contributed by atoms with E-state index in [0.717, 1.165) is 29.0 Å². The van der Waals surface area contributed by atoms with Crippen LogP contribution in [-0.2, 0) is 14.6 Å². The topological polar surface area (TPSA) is 116 Å². The van der Waals surface area contributed by atoms with Crippen LogP contribution in [-0.4, -0.2) is 38.0 Å². The number of carbonyl (C=O) groups excluding carboxylic acids is 1. The van der Waals surface area contributed by atoms with Crippen LogP contribution in [0, 0.1) is 10.1 Å². The average Bonchev–Trinajstić information content (AvgIpc) is 2.76. The summed E-state index contributed by atoms with van der Waals surface area (Å²) in [6, 6.07) is 15.0. The highest BCUT2D eigenvalue weighted by Gasteiger charge is 2.18. The number of amides is 1. The molecule has 0 spiro atoms. The van der Waals surface area contributed by atoms with E-state index in [2.05, 4.69) is 5.32 Å². The number of fused-ring (bicyclic) bond motifs is 1. The molecule has 11 heteroatoms. The molecular formula is C21H18F2N2O6S. The molecule has 0 aliphatic rings. The number of hydrogen-bond donors (Lipinski definition) is 1. The van der Waals surface area contributed by atoms with Crippen LogP contribution in [0.2, 0.25) is 0 Å². The van der Waals surface area contributed by atoms with Crippen LogP contribution in [0.15, 0.2) is 65.6 Å². The van der Waals surface area contributed by atoms with E-state index in [-0.39, 0.29) is 16.3 Å². The maximum Gasteiger partial charge on any atom is 0.275 e. The zero-order valence-corrected chi connectivity index (χ0v) is 17.3. The monoisotopic (exact) mass is 464 g/mol. The lowest BCUT2D eigenvalue weighted by Gasteiger charge is -2.10. The minimum Gasteiger partial charge on any atom is -0.487 e. The maximum atomic E-state index is 12.6. The van der Waals surface area contributed by atoms with E-state index in [1.165, 1.54) is 12.1 Å². The van der Waals surface area contributed by atoms with E-state index in [1.54, 1.807) is 18.2 Å². The lowest BCUT2D eigenvalue weighted by atomic mass is 10.1. The second kappa shape index (κ2) is 9.69. The van der Waals surface area contributed by atoms with Crippen LogP contribution in [0.3, 0.4) is 0 Å². The summed E-state index contributed by atoms with van der Waals surface area (Å²) in [5.74, 6) is -1.42. The van der Waals surface area contributed by atoms with Gasteiger partial charge in [0.2, 0.25) is 5.91 Å². The lowest BCUT2D eigenvalue weighted by Crippen LogP contribution is -2.17. The summed E-state index contributed by atoms with van der Waals surface area (Å²) in [6.45, 7) is -0.974. The van der Waals surface area contributed by atoms with E-state index in [4.69, 9.17) is 4.74 Å². The number of nitrogens with one attached hydrogen (secondary N) is 1. The van der Waals surface area contributed by atoms with Gasteiger partial charge in [-0.3, -0.25) is 14.9 Å². The molecule has 1 amide bonds. The van der Waals surface area contributed by atoms with Crippen LogP contribution < -0.4 is 10.1 Å². The van der Waals surface area contributed by atoms with Crippen molar-refractivity contribution in [3.8, 4) is 5.75 Å². The molecule has 168 valence electrons. The predicted molar refractivity (Wildman–Crippen MR) is 114 cm³/mol. The van der Waals surface area contributed by atoms with E-state index in [9.17, 15) is 32.1 Å². The molecule has 0 unspecified atom stereocenters. The Morgan fingerprint density at radius 3 is 2.47 bits per heavy atom. The largest absolute Gasteiger partial charge is 0.487 e. The van der Waals surface area contributed by atoms with Gasteiger partial charge in [-0.15, -0.1) is 0 Å². The Kier molecular flexibility index (Phi) is 6.98. The Balaban J connectivity index is 1.69. The summed E-state index contributed by atoms with van der Waals surface area (Å²) >= 11 is 0. The first-order valence-corrected chi connectivity index (χ1v) is 11.0. The molecule has 3 aromatic carbocycles. The Morgan fingerprint density at radius 2 is 1.78 bits per heavy atom. The Hall–Kier alpha value is -3.60. The average molecular weight is 464 g/mol. The molecule has 0 atom stereocenters. The predicted octanol–water partition coefficient (Wildman–Crippen LogP) is 4.19. The zero-order valence-electron chi connectivity index (χ0n) is 16.5. The van der Waals surface area contributed by atoms with E-state index < -0.39 is 51.6 Å². The molecule has 0 aliphatic heterocycles. The molecule has 0 saturated carbocycles. The molecule has 0 bridgehead atoms.